The number of H-pyrrole nitrogens is 1. The number of halogens is 1. The van der Waals surface area contributed by atoms with E-state index in [1.165, 1.54) is 11.8 Å². The molecule has 0 fully saturated rings. The number of aromatic nitrogens is 4. The van der Waals surface area contributed by atoms with E-state index < -0.39 is 0 Å². The number of rotatable bonds is 4. The molecule has 0 bridgehead atoms. The van der Waals surface area contributed by atoms with Gasteiger partial charge in [-0.05, 0) is 12.5 Å². The van der Waals surface area contributed by atoms with Gasteiger partial charge in [0.05, 0.1) is 29.6 Å². The van der Waals surface area contributed by atoms with E-state index in [-0.39, 0.29) is 16.6 Å². The number of amides is 1. The number of aryl methyl sites for hydroxylation is 1. The second-order valence-corrected chi connectivity index (χ2v) is 5.37. The molecule has 0 saturated carbocycles. The van der Waals surface area contributed by atoms with Crippen LogP contribution in [-0.2, 0) is 6.54 Å². The molecule has 0 aliphatic carbocycles. The largest absolute Gasteiger partial charge is 0.318 e. The lowest BCUT2D eigenvalue weighted by Gasteiger charge is -2.02. The van der Waals surface area contributed by atoms with Gasteiger partial charge in [0, 0.05) is 6.20 Å². The molecule has 2 aromatic heterocycles. The van der Waals surface area contributed by atoms with Crippen LogP contribution in [0.2, 0.25) is 5.02 Å². The summed E-state index contributed by atoms with van der Waals surface area (Å²) in [6.07, 6.45) is 4.75. The van der Waals surface area contributed by atoms with Crippen LogP contribution in [0.1, 0.15) is 21.6 Å². The highest BCUT2D eigenvalue weighted by atomic mass is 35.5. The second-order valence-electron chi connectivity index (χ2n) is 4.96. The Hall–Kier alpha value is -2.60. The van der Waals surface area contributed by atoms with E-state index in [1.807, 2.05) is 6.92 Å². The molecule has 7 heteroatoms. The number of carbonyl (C=O) groups is 1. The van der Waals surface area contributed by atoms with Crippen molar-refractivity contribution >= 4 is 23.2 Å². The number of hydrogen-bond donors (Lipinski definition) is 2. The zero-order chi connectivity index (χ0) is 15.5. The van der Waals surface area contributed by atoms with Crippen LogP contribution in [0.5, 0.6) is 0 Å². The number of nitrogens with one attached hydrogen (secondary N) is 2. The van der Waals surface area contributed by atoms with Crippen LogP contribution in [0.4, 0.5) is 5.69 Å². The highest BCUT2D eigenvalue weighted by Crippen LogP contribution is 2.14. The predicted molar refractivity (Wildman–Crippen MR) is 84.1 cm³/mol. The van der Waals surface area contributed by atoms with Gasteiger partial charge < -0.3 is 5.32 Å². The molecule has 0 radical (unpaired) electrons. The van der Waals surface area contributed by atoms with Crippen LogP contribution in [0.25, 0.3) is 0 Å². The zero-order valence-electron chi connectivity index (χ0n) is 11.9. The van der Waals surface area contributed by atoms with Gasteiger partial charge in [0.25, 0.3) is 5.91 Å². The zero-order valence-corrected chi connectivity index (χ0v) is 12.6. The molecule has 3 rings (SSSR count). The summed E-state index contributed by atoms with van der Waals surface area (Å²) in [5.74, 6) is -0.350. The summed E-state index contributed by atoms with van der Waals surface area (Å²) in [7, 11) is 0. The highest BCUT2D eigenvalue weighted by Gasteiger charge is 2.13. The molecule has 0 saturated heterocycles. The Kier molecular flexibility index (Phi) is 3.93. The fourth-order valence-electron chi connectivity index (χ4n) is 2.02. The Morgan fingerprint density at radius 3 is 2.77 bits per heavy atom. The molecular weight excluding hydrogens is 302 g/mol. The maximum Gasteiger partial charge on any atom is 0.275 e. The van der Waals surface area contributed by atoms with Crippen molar-refractivity contribution < 1.29 is 4.79 Å². The van der Waals surface area contributed by atoms with Gasteiger partial charge in [-0.3, -0.25) is 14.6 Å². The molecule has 2 heterocycles. The quantitative estimate of drug-likeness (QED) is 0.777. The summed E-state index contributed by atoms with van der Waals surface area (Å²) in [5.41, 5.74) is 3.19. The summed E-state index contributed by atoms with van der Waals surface area (Å²) in [6.45, 7) is 2.69. The van der Waals surface area contributed by atoms with Crippen molar-refractivity contribution in [3.8, 4) is 0 Å². The van der Waals surface area contributed by atoms with Gasteiger partial charge in [0.1, 0.15) is 5.69 Å². The lowest BCUT2D eigenvalue weighted by molar-refractivity contribution is 0.102. The maximum absolute atomic E-state index is 12.0. The van der Waals surface area contributed by atoms with E-state index >= 15 is 0 Å². The molecule has 6 nitrogen and oxygen atoms in total. The summed E-state index contributed by atoms with van der Waals surface area (Å²) >= 11 is 5.85. The topological polar surface area (TPSA) is 75.6 Å². The molecule has 1 aromatic carbocycles. The molecule has 0 aliphatic rings. The third-order valence-electron chi connectivity index (χ3n) is 3.18. The third kappa shape index (κ3) is 3.17. The van der Waals surface area contributed by atoms with Crippen LogP contribution in [0, 0.1) is 6.92 Å². The Morgan fingerprint density at radius 1 is 1.32 bits per heavy atom. The Balaban J connectivity index is 1.67. The van der Waals surface area contributed by atoms with Crippen LogP contribution in [0.3, 0.4) is 0 Å². The first kappa shape index (κ1) is 14.3. The van der Waals surface area contributed by atoms with E-state index in [2.05, 4.69) is 44.9 Å². The van der Waals surface area contributed by atoms with Gasteiger partial charge in [-0.1, -0.05) is 41.4 Å². The van der Waals surface area contributed by atoms with Crippen LogP contribution in [-0.4, -0.2) is 25.9 Å². The molecule has 1 amide bonds. The van der Waals surface area contributed by atoms with E-state index in [0.717, 1.165) is 5.56 Å². The van der Waals surface area contributed by atoms with E-state index in [9.17, 15) is 4.79 Å². The maximum atomic E-state index is 12.0. The van der Waals surface area contributed by atoms with E-state index in [1.54, 1.807) is 17.1 Å². The van der Waals surface area contributed by atoms with Gasteiger partial charge in [0.15, 0.2) is 0 Å². The summed E-state index contributed by atoms with van der Waals surface area (Å²) in [5, 5.41) is 13.5. The van der Waals surface area contributed by atoms with Gasteiger partial charge >= 0.3 is 0 Å². The molecule has 3 aromatic rings. The lowest BCUT2D eigenvalue weighted by Crippen LogP contribution is -2.12. The number of benzene rings is 1. The lowest BCUT2D eigenvalue weighted by atomic mass is 10.1. The van der Waals surface area contributed by atoms with Gasteiger partial charge in [0.2, 0.25) is 0 Å². The average molecular weight is 316 g/mol. The van der Waals surface area contributed by atoms with Crippen LogP contribution < -0.4 is 5.32 Å². The van der Waals surface area contributed by atoms with E-state index in [0.29, 0.717) is 12.2 Å². The SMILES string of the molecule is Cc1ccc(Cn2cc(NC(=O)c3[nH]ncc3Cl)cn2)cc1. The van der Waals surface area contributed by atoms with Crippen molar-refractivity contribution in [2.45, 2.75) is 13.5 Å². The number of hydrogen-bond acceptors (Lipinski definition) is 3. The molecular formula is C15H14ClN5O. The third-order valence-corrected chi connectivity index (χ3v) is 3.46. The average Bonchev–Trinajstić information content (AvgIpc) is 3.10. The summed E-state index contributed by atoms with van der Waals surface area (Å²) in [4.78, 5) is 12.0. The Bertz CT molecular complexity index is 790. The first-order valence-corrected chi connectivity index (χ1v) is 7.08. The second kappa shape index (κ2) is 6.03. The predicted octanol–water partition coefficient (Wildman–Crippen LogP) is 2.87. The normalized spacial score (nSPS) is 10.6. The first-order chi connectivity index (χ1) is 10.6. The minimum absolute atomic E-state index is 0.230. The monoisotopic (exact) mass is 315 g/mol. The molecule has 0 atom stereocenters. The molecule has 0 aliphatic heterocycles. The minimum Gasteiger partial charge on any atom is -0.318 e. The van der Waals surface area contributed by atoms with Gasteiger partial charge in [-0.15, -0.1) is 0 Å². The number of anilines is 1. The number of nitrogens with zero attached hydrogens (tertiary/aromatic N) is 3. The van der Waals surface area contributed by atoms with Crippen molar-refractivity contribution in [3.05, 3.63) is 64.7 Å². The molecule has 0 spiro atoms. The molecule has 22 heavy (non-hydrogen) atoms. The molecule has 2 N–H and O–H groups in total. The minimum atomic E-state index is -0.350. The fraction of sp³-hybridized carbons (Fsp3) is 0.133. The Labute approximate surface area is 132 Å². The number of aromatic amines is 1. The van der Waals surface area contributed by atoms with Gasteiger partial charge in [-0.2, -0.15) is 10.2 Å². The number of carbonyl (C=O) groups excluding carboxylic acids is 1. The van der Waals surface area contributed by atoms with E-state index in [4.69, 9.17) is 11.6 Å². The fourth-order valence-corrected chi connectivity index (χ4v) is 2.20. The van der Waals surface area contributed by atoms with Crippen molar-refractivity contribution in [2.24, 2.45) is 0 Å². The summed E-state index contributed by atoms with van der Waals surface area (Å²) < 4.78 is 1.76. The van der Waals surface area contributed by atoms with Crippen molar-refractivity contribution in [1.82, 2.24) is 20.0 Å². The van der Waals surface area contributed by atoms with Gasteiger partial charge in [-0.25, -0.2) is 0 Å². The van der Waals surface area contributed by atoms with Crippen molar-refractivity contribution in [2.75, 3.05) is 5.32 Å². The Morgan fingerprint density at radius 2 is 2.09 bits per heavy atom. The molecule has 0 unspecified atom stereocenters. The first-order valence-electron chi connectivity index (χ1n) is 6.70. The van der Waals surface area contributed by atoms with Crippen molar-refractivity contribution in [1.29, 1.82) is 0 Å². The summed E-state index contributed by atoms with van der Waals surface area (Å²) in [6, 6.07) is 8.22. The smallest absolute Gasteiger partial charge is 0.275 e. The van der Waals surface area contributed by atoms with Crippen LogP contribution in [0.15, 0.2) is 42.9 Å². The highest BCUT2D eigenvalue weighted by molar-refractivity contribution is 6.34. The van der Waals surface area contributed by atoms with Crippen molar-refractivity contribution in [3.63, 3.8) is 0 Å². The van der Waals surface area contributed by atoms with Crippen LogP contribution >= 0.6 is 11.6 Å². The molecule has 112 valence electrons. The standard InChI is InChI=1S/C15H14ClN5O/c1-10-2-4-11(5-3-10)8-21-9-12(6-18-21)19-15(22)14-13(16)7-17-20-14/h2-7,9H,8H2,1H3,(H,17,20)(H,19,22).